The van der Waals surface area contributed by atoms with Crippen molar-refractivity contribution in [1.82, 2.24) is 9.97 Å². The van der Waals surface area contributed by atoms with Gasteiger partial charge in [0.25, 0.3) is 0 Å². The molecule has 6 heteroatoms. The lowest BCUT2D eigenvalue weighted by Crippen LogP contribution is -2.14. The minimum Gasteiger partial charge on any atom is -0.241 e. The van der Waals surface area contributed by atoms with Gasteiger partial charge in [0.2, 0.25) is 0 Å². The zero-order chi connectivity index (χ0) is 13.1. The van der Waals surface area contributed by atoms with Crippen LogP contribution in [0.2, 0.25) is 0 Å². The number of hydrogen-bond acceptors (Lipinski definition) is 2. The highest BCUT2D eigenvalue weighted by Gasteiger charge is 2.32. The molecule has 0 amide bonds. The Morgan fingerprint density at radius 3 is 2.53 bits per heavy atom. The van der Waals surface area contributed by atoms with Gasteiger partial charge in [-0.2, -0.15) is 13.2 Å². The first-order valence-electron chi connectivity index (χ1n) is 5.32. The quantitative estimate of drug-likeness (QED) is 0.777. The molecule has 96 valence electrons. The van der Waals surface area contributed by atoms with Gasteiger partial charge in [-0.1, -0.05) is 13.8 Å². The van der Waals surface area contributed by atoms with E-state index in [1.807, 2.05) is 13.8 Å². The fourth-order valence-corrected chi connectivity index (χ4v) is 1.94. The van der Waals surface area contributed by atoms with Crippen LogP contribution in [0, 0.1) is 5.92 Å². The molecule has 1 rings (SSSR count). The second-order valence-electron chi connectivity index (χ2n) is 4.29. The molecule has 2 nitrogen and oxygen atoms in total. The third-order valence-corrected chi connectivity index (χ3v) is 2.46. The number of alkyl halides is 4. The summed E-state index contributed by atoms with van der Waals surface area (Å²) in [6.45, 7) is 4.00. The Bertz CT molecular complexity index is 366. The molecule has 1 unspecified atom stereocenters. The average Bonchev–Trinajstić information content (AvgIpc) is 2.15. The summed E-state index contributed by atoms with van der Waals surface area (Å²) in [5.74, 6) is 0.531. The van der Waals surface area contributed by atoms with Crippen LogP contribution >= 0.6 is 11.6 Å². The minimum atomic E-state index is -4.43. The summed E-state index contributed by atoms with van der Waals surface area (Å²) < 4.78 is 37.2. The van der Waals surface area contributed by atoms with Crippen molar-refractivity contribution in [3.05, 3.63) is 23.8 Å². The molecule has 0 saturated carbocycles. The van der Waals surface area contributed by atoms with Crippen LogP contribution in [0.1, 0.15) is 31.8 Å². The van der Waals surface area contributed by atoms with Gasteiger partial charge < -0.3 is 0 Å². The molecule has 1 heterocycles. The van der Waals surface area contributed by atoms with E-state index in [1.165, 1.54) is 0 Å². The number of aromatic nitrogens is 2. The van der Waals surface area contributed by atoms with E-state index < -0.39 is 11.9 Å². The second-order valence-corrected chi connectivity index (χ2v) is 4.90. The Morgan fingerprint density at radius 1 is 1.35 bits per heavy atom. The Labute approximate surface area is 103 Å². The number of rotatable bonds is 4. The molecule has 0 spiro atoms. The van der Waals surface area contributed by atoms with E-state index in [0.29, 0.717) is 5.92 Å². The summed E-state index contributed by atoms with van der Waals surface area (Å²) in [6, 6.07) is 0.856. The first-order valence-corrected chi connectivity index (χ1v) is 5.76. The molecule has 1 aromatic heterocycles. The van der Waals surface area contributed by atoms with Gasteiger partial charge in [-0.25, -0.2) is 9.97 Å². The summed E-state index contributed by atoms with van der Waals surface area (Å²) in [4.78, 5) is 7.28. The lowest BCUT2D eigenvalue weighted by atomic mass is 10.1. The van der Waals surface area contributed by atoms with Gasteiger partial charge in [0.15, 0.2) is 0 Å². The van der Waals surface area contributed by atoms with E-state index in [2.05, 4.69) is 9.97 Å². The van der Waals surface area contributed by atoms with Crippen molar-refractivity contribution in [3.63, 3.8) is 0 Å². The Hall–Kier alpha value is -0.840. The van der Waals surface area contributed by atoms with Gasteiger partial charge in [0.05, 0.1) is 0 Å². The van der Waals surface area contributed by atoms with E-state index in [4.69, 9.17) is 11.6 Å². The van der Waals surface area contributed by atoms with Crippen molar-refractivity contribution in [3.8, 4) is 0 Å². The first-order chi connectivity index (χ1) is 7.79. The zero-order valence-electron chi connectivity index (χ0n) is 9.63. The molecular weight excluding hydrogens is 253 g/mol. The highest BCUT2D eigenvalue weighted by Crippen LogP contribution is 2.27. The maximum atomic E-state index is 12.4. The van der Waals surface area contributed by atoms with Crippen LogP contribution in [0.25, 0.3) is 0 Å². The van der Waals surface area contributed by atoms with Crippen molar-refractivity contribution >= 4 is 11.6 Å². The summed E-state index contributed by atoms with van der Waals surface area (Å²) in [5.41, 5.74) is -0.920. The molecule has 0 aliphatic heterocycles. The molecule has 0 aliphatic rings. The molecule has 1 atom stereocenters. The highest BCUT2D eigenvalue weighted by atomic mass is 35.5. The predicted molar refractivity (Wildman–Crippen MR) is 59.8 cm³/mol. The van der Waals surface area contributed by atoms with Crippen molar-refractivity contribution in [2.75, 3.05) is 0 Å². The standard InChI is InChI=1S/C11H14ClF3N2/c1-7(2)5-8(12)6-10-16-4-3-9(17-10)11(13,14)15/h3-4,7-8H,5-6H2,1-2H3. The number of halogens is 4. The van der Waals surface area contributed by atoms with Crippen LogP contribution in [0.4, 0.5) is 13.2 Å². The molecule has 0 aliphatic carbocycles. The molecule has 0 N–H and O–H groups in total. The van der Waals surface area contributed by atoms with Gasteiger partial charge in [0.1, 0.15) is 11.5 Å². The highest BCUT2D eigenvalue weighted by molar-refractivity contribution is 6.20. The van der Waals surface area contributed by atoms with E-state index in [0.717, 1.165) is 18.7 Å². The second kappa shape index (κ2) is 5.67. The predicted octanol–water partition coefficient (Wildman–Crippen LogP) is 3.69. The fourth-order valence-electron chi connectivity index (χ4n) is 1.45. The average molecular weight is 267 g/mol. The fraction of sp³-hybridized carbons (Fsp3) is 0.636. The van der Waals surface area contributed by atoms with Gasteiger partial charge in [0, 0.05) is 18.0 Å². The van der Waals surface area contributed by atoms with E-state index in [9.17, 15) is 13.2 Å². The Morgan fingerprint density at radius 2 is 2.00 bits per heavy atom. The Balaban J connectivity index is 2.72. The van der Waals surface area contributed by atoms with Crippen molar-refractivity contribution in [1.29, 1.82) is 0 Å². The van der Waals surface area contributed by atoms with Crippen molar-refractivity contribution in [2.45, 2.75) is 38.2 Å². The van der Waals surface area contributed by atoms with E-state index >= 15 is 0 Å². The minimum absolute atomic E-state index is 0.139. The number of hydrogen-bond donors (Lipinski definition) is 0. The third kappa shape index (κ3) is 4.89. The van der Waals surface area contributed by atoms with Gasteiger partial charge in [-0.05, 0) is 18.4 Å². The first kappa shape index (κ1) is 14.2. The smallest absolute Gasteiger partial charge is 0.241 e. The molecule has 17 heavy (non-hydrogen) atoms. The zero-order valence-corrected chi connectivity index (χ0v) is 10.4. The monoisotopic (exact) mass is 266 g/mol. The molecule has 0 saturated heterocycles. The lowest BCUT2D eigenvalue weighted by molar-refractivity contribution is -0.141. The largest absolute Gasteiger partial charge is 0.433 e. The van der Waals surface area contributed by atoms with Crippen molar-refractivity contribution in [2.24, 2.45) is 5.92 Å². The number of nitrogens with zero attached hydrogens (tertiary/aromatic N) is 2. The summed E-state index contributed by atoms with van der Waals surface area (Å²) in [7, 11) is 0. The maximum Gasteiger partial charge on any atom is 0.433 e. The summed E-state index contributed by atoms with van der Waals surface area (Å²) in [5, 5.41) is -0.238. The van der Waals surface area contributed by atoms with E-state index in [1.54, 1.807) is 0 Å². The molecule has 0 fully saturated rings. The van der Waals surface area contributed by atoms with Gasteiger partial charge in [-0.15, -0.1) is 11.6 Å². The van der Waals surface area contributed by atoms with E-state index in [-0.39, 0.29) is 17.6 Å². The van der Waals surface area contributed by atoms with Crippen LogP contribution in [-0.4, -0.2) is 15.3 Å². The normalized spacial score (nSPS) is 14.1. The van der Waals surface area contributed by atoms with Crippen LogP contribution in [0.3, 0.4) is 0 Å². The summed E-state index contributed by atoms with van der Waals surface area (Å²) >= 11 is 6.02. The van der Waals surface area contributed by atoms with Crippen LogP contribution < -0.4 is 0 Å². The van der Waals surface area contributed by atoms with Crippen LogP contribution in [-0.2, 0) is 12.6 Å². The topological polar surface area (TPSA) is 25.8 Å². The third-order valence-electron chi connectivity index (χ3n) is 2.13. The lowest BCUT2D eigenvalue weighted by Gasteiger charge is -2.12. The van der Waals surface area contributed by atoms with Gasteiger partial charge in [-0.3, -0.25) is 0 Å². The summed E-state index contributed by atoms with van der Waals surface area (Å²) in [6.07, 6.45) is -2.34. The maximum absolute atomic E-state index is 12.4. The SMILES string of the molecule is CC(C)CC(Cl)Cc1nccc(C(F)(F)F)n1. The van der Waals surface area contributed by atoms with Crippen LogP contribution in [0.5, 0.6) is 0 Å². The van der Waals surface area contributed by atoms with Gasteiger partial charge >= 0.3 is 6.18 Å². The molecule has 0 bridgehead atoms. The molecular formula is C11H14ClF3N2. The van der Waals surface area contributed by atoms with Crippen LogP contribution in [0.15, 0.2) is 12.3 Å². The van der Waals surface area contributed by atoms with Crippen molar-refractivity contribution < 1.29 is 13.2 Å². The molecule has 1 aromatic rings. The Kier molecular flexibility index (Phi) is 4.74. The molecule has 0 aromatic carbocycles. The molecule has 0 radical (unpaired) electrons.